The van der Waals surface area contributed by atoms with Crippen molar-refractivity contribution in [3.05, 3.63) is 55.9 Å². The fourth-order valence-corrected chi connectivity index (χ4v) is 3.33. The van der Waals surface area contributed by atoms with Gasteiger partial charge in [-0.05, 0) is 52.2 Å². The summed E-state index contributed by atoms with van der Waals surface area (Å²) in [7, 11) is 0. The number of aliphatic hydroxyl groups is 1. The number of halogens is 2. The lowest BCUT2D eigenvalue weighted by molar-refractivity contribution is 0.219. The molecule has 1 unspecified atom stereocenters. The van der Waals surface area contributed by atoms with E-state index in [1.165, 1.54) is 12.1 Å². The van der Waals surface area contributed by atoms with Gasteiger partial charge in [-0.1, -0.05) is 12.1 Å². The van der Waals surface area contributed by atoms with Gasteiger partial charge in [0.15, 0.2) is 0 Å². The summed E-state index contributed by atoms with van der Waals surface area (Å²) in [6, 6.07) is 7.92. The molecule has 0 saturated heterocycles. The lowest BCUT2D eigenvalue weighted by atomic mass is 10.0. The maximum absolute atomic E-state index is 13.0. The average Bonchev–Trinajstić information content (AvgIpc) is 2.57. The number of hydrogen-bond acceptors (Lipinski definition) is 2. The Labute approximate surface area is 106 Å². The van der Waals surface area contributed by atoms with E-state index >= 15 is 0 Å². The average molecular weight is 301 g/mol. The molecular formula is C12H10BrFOS. The summed E-state index contributed by atoms with van der Waals surface area (Å²) in [5, 5.41) is 10.1. The lowest BCUT2D eigenvalue weighted by Crippen LogP contribution is -1.99. The summed E-state index contributed by atoms with van der Waals surface area (Å²) in [6.07, 6.45) is -0.766. The highest BCUT2D eigenvalue weighted by atomic mass is 79.9. The van der Waals surface area contributed by atoms with Crippen molar-refractivity contribution >= 4 is 27.3 Å². The molecule has 1 heterocycles. The zero-order valence-electron chi connectivity index (χ0n) is 8.58. The van der Waals surface area contributed by atoms with Gasteiger partial charge in [0.25, 0.3) is 0 Å². The van der Waals surface area contributed by atoms with Crippen LogP contribution in [0.1, 0.15) is 22.1 Å². The second-order valence-corrected chi connectivity index (χ2v) is 6.16. The first-order chi connectivity index (χ1) is 7.58. The van der Waals surface area contributed by atoms with E-state index in [1.54, 1.807) is 23.5 Å². The predicted octanol–water partition coefficient (Wildman–Crippen LogP) is 4.04. The third kappa shape index (κ3) is 2.34. The van der Waals surface area contributed by atoms with Crippen LogP contribution in [0.5, 0.6) is 0 Å². The quantitative estimate of drug-likeness (QED) is 0.887. The molecular weight excluding hydrogens is 291 g/mol. The van der Waals surface area contributed by atoms with Crippen LogP contribution in [-0.2, 0) is 0 Å². The molecule has 0 spiro atoms. The smallest absolute Gasteiger partial charge is 0.123 e. The molecule has 0 bridgehead atoms. The second kappa shape index (κ2) is 4.65. The number of hydrogen-bond donors (Lipinski definition) is 1. The number of aryl methyl sites for hydroxylation is 1. The van der Waals surface area contributed by atoms with Crippen molar-refractivity contribution in [2.45, 2.75) is 13.0 Å². The molecule has 1 aromatic carbocycles. The van der Waals surface area contributed by atoms with Crippen LogP contribution in [0.3, 0.4) is 0 Å². The Morgan fingerprint density at radius 3 is 2.69 bits per heavy atom. The minimum absolute atomic E-state index is 0.330. The highest BCUT2D eigenvalue weighted by Crippen LogP contribution is 2.33. The van der Waals surface area contributed by atoms with Gasteiger partial charge >= 0.3 is 0 Å². The summed E-state index contributed by atoms with van der Waals surface area (Å²) >= 11 is 4.93. The lowest BCUT2D eigenvalue weighted by Gasteiger charge is -2.10. The first kappa shape index (κ1) is 11.8. The molecule has 0 aliphatic rings. The molecule has 16 heavy (non-hydrogen) atoms. The molecule has 0 fully saturated rings. The topological polar surface area (TPSA) is 20.2 Å². The highest BCUT2D eigenvalue weighted by molar-refractivity contribution is 9.11. The standard InChI is InChI=1S/C12H10BrFOS/c1-7-10(6-11(13)16-7)12(15)8-3-2-4-9(14)5-8/h2-6,12,15H,1H3. The van der Waals surface area contributed by atoms with Gasteiger partial charge in [-0.15, -0.1) is 11.3 Å². The van der Waals surface area contributed by atoms with Gasteiger partial charge in [-0.2, -0.15) is 0 Å². The first-order valence-corrected chi connectivity index (χ1v) is 6.38. The van der Waals surface area contributed by atoms with E-state index in [0.717, 1.165) is 14.2 Å². The Bertz CT molecular complexity index is 509. The molecule has 1 N–H and O–H groups in total. The van der Waals surface area contributed by atoms with Crippen LogP contribution >= 0.6 is 27.3 Å². The summed E-state index contributed by atoms with van der Waals surface area (Å²) in [4.78, 5) is 1.03. The van der Waals surface area contributed by atoms with E-state index in [4.69, 9.17) is 0 Å². The molecule has 2 aromatic rings. The Hall–Kier alpha value is -0.710. The molecule has 1 atom stereocenters. The van der Waals surface area contributed by atoms with Crippen molar-refractivity contribution in [3.8, 4) is 0 Å². The van der Waals surface area contributed by atoms with Gasteiger partial charge in [0.1, 0.15) is 11.9 Å². The SMILES string of the molecule is Cc1sc(Br)cc1C(O)c1cccc(F)c1. The fraction of sp³-hybridized carbons (Fsp3) is 0.167. The summed E-state index contributed by atoms with van der Waals surface area (Å²) in [6.45, 7) is 1.94. The van der Waals surface area contributed by atoms with Gasteiger partial charge < -0.3 is 5.11 Å². The molecule has 84 valence electrons. The third-order valence-corrected chi connectivity index (χ3v) is 3.95. The number of rotatable bonds is 2. The second-order valence-electron chi connectivity index (χ2n) is 3.52. The van der Waals surface area contributed by atoms with Crippen LogP contribution in [0.4, 0.5) is 4.39 Å². The van der Waals surface area contributed by atoms with Crippen LogP contribution in [0.25, 0.3) is 0 Å². The van der Waals surface area contributed by atoms with E-state index in [0.29, 0.717) is 5.56 Å². The van der Waals surface area contributed by atoms with Crippen molar-refractivity contribution in [2.75, 3.05) is 0 Å². The van der Waals surface area contributed by atoms with Crippen molar-refractivity contribution < 1.29 is 9.50 Å². The maximum atomic E-state index is 13.0. The molecule has 0 amide bonds. The van der Waals surface area contributed by atoms with Gasteiger partial charge in [-0.25, -0.2) is 4.39 Å². The summed E-state index contributed by atoms with van der Waals surface area (Å²) in [5.41, 5.74) is 1.40. The Kier molecular flexibility index (Phi) is 3.42. The van der Waals surface area contributed by atoms with Crippen molar-refractivity contribution in [1.29, 1.82) is 0 Å². The van der Waals surface area contributed by atoms with E-state index in [9.17, 15) is 9.50 Å². The molecule has 4 heteroatoms. The van der Waals surface area contributed by atoms with Crippen molar-refractivity contribution in [3.63, 3.8) is 0 Å². The predicted molar refractivity (Wildman–Crippen MR) is 67.2 cm³/mol. The molecule has 1 aromatic heterocycles. The molecule has 0 saturated carbocycles. The van der Waals surface area contributed by atoms with Crippen molar-refractivity contribution in [2.24, 2.45) is 0 Å². The largest absolute Gasteiger partial charge is 0.384 e. The summed E-state index contributed by atoms with van der Waals surface area (Å²) in [5.74, 6) is -0.330. The van der Waals surface area contributed by atoms with E-state index in [2.05, 4.69) is 15.9 Å². The van der Waals surface area contributed by atoms with Crippen LogP contribution in [0.2, 0.25) is 0 Å². The minimum atomic E-state index is -0.766. The minimum Gasteiger partial charge on any atom is -0.384 e. The zero-order valence-corrected chi connectivity index (χ0v) is 11.0. The van der Waals surface area contributed by atoms with Crippen molar-refractivity contribution in [1.82, 2.24) is 0 Å². The van der Waals surface area contributed by atoms with Gasteiger partial charge in [0.05, 0.1) is 3.79 Å². The highest BCUT2D eigenvalue weighted by Gasteiger charge is 2.15. The Balaban J connectivity index is 2.38. The van der Waals surface area contributed by atoms with E-state index in [-0.39, 0.29) is 5.82 Å². The van der Waals surface area contributed by atoms with Crippen LogP contribution in [0, 0.1) is 12.7 Å². The molecule has 2 rings (SSSR count). The summed E-state index contributed by atoms with van der Waals surface area (Å²) < 4.78 is 14.0. The van der Waals surface area contributed by atoms with E-state index < -0.39 is 6.10 Å². The first-order valence-electron chi connectivity index (χ1n) is 4.77. The monoisotopic (exact) mass is 300 g/mol. The fourth-order valence-electron chi connectivity index (χ4n) is 1.59. The maximum Gasteiger partial charge on any atom is 0.123 e. The van der Waals surface area contributed by atoms with E-state index in [1.807, 2.05) is 13.0 Å². The third-order valence-electron chi connectivity index (χ3n) is 2.39. The zero-order chi connectivity index (χ0) is 11.7. The number of benzene rings is 1. The normalized spacial score (nSPS) is 12.8. The van der Waals surface area contributed by atoms with Crippen LogP contribution < -0.4 is 0 Å². The molecule has 0 aliphatic heterocycles. The van der Waals surface area contributed by atoms with Gasteiger partial charge in [0, 0.05) is 4.88 Å². The molecule has 0 aliphatic carbocycles. The number of thiophene rings is 1. The van der Waals surface area contributed by atoms with Gasteiger partial charge in [-0.3, -0.25) is 0 Å². The molecule has 0 radical (unpaired) electrons. The molecule has 1 nitrogen and oxygen atoms in total. The Morgan fingerprint density at radius 2 is 2.12 bits per heavy atom. The van der Waals surface area contributed by atoms with Crippen LogP contribution in [0.15, 0.2) is 34.1 Å². The number of aliphatic hydroxyl groups excluding tert-OH is 1. The van der Waals surface area contributed by atoms with Crippen LogP contribution in [-0.4, -0.2) is 5.11 Å². The van der Waals surface area contributed by atoms with Gasteiger partial charge in [0.2, 0.25) is 0 Å². The Morgan fingerprint density at radius 1 is 1.38 bits per heavy atom.